The molecule has 3 heteroatoms. The molecule has 1 aliphatic heterocycles. The predicted molar refractivity (Wildman–Crippen MR) is 48.9 cm³/mol. The molecule has 0 saturated heterocycles. The van der Waals surface area contributed by atoms with Gasteiger partial charge >= 0.3 is 0 Å². The summed E-state index contributed by atoms with van der Waals surface area (Å²) in [5.74, 6) is 0. The Bertz CT molecular complexity index is 455. The van der Waals surface area contributed by atoms with Crippen molar-refractivity contribution >= 4 is 6.08 Å². The van der Waals surface area contributed by atoms with Crippen LogP contribution in [0, 0.1) is 0 Å². The van der Waals surface area contributed by atoms with E-state index < -0.39 is 0 Å². The number of aromatic nitrogens is 1. The number of pyridine rings is 1. The van der Waals surface area contributed by atoms with Crippen LogP contribution >= 0.6 is 0 Å². The van der Waals surface area contributed by atoms with Crippen molar-refractivity contribution in [2.45, 2.75) is 6.42 Å². The van der Waals surface area contributed by atoms with E-state index in [1.807, 2.05) is 18.5 Å². The molecule has 0 saturated carbocycles. The van der Waals surface area contributed by atoms with E-state index in [9.17, 15) is 0 Å². The fourth-order valence-electron chi connectivity index (χ4n) is 1.63. The van der Waals surface area contributed by atoms with E-state index in [2.05, 4.69) is 21.3 Å². The molecule has 1 aromatic heterocycles. The van der Waals surface area contributed by atoms with Gasteiger partial charge in [-0.15, -0.1) is 0 Å². The van der Waals surface area contributed by atoms with Crippen molar-refractivity contribution in [1.82, 2.24) is 4.98 Å². The molecule has 0 radical (unpaired) electrons. The Morgan fingerprint density at radius 2 is 2.31 bits per heavy atom. The van der Waals surface area contributed by atoms with Crippen LogP contribution in [0.25, 0.3) is 6.08 Å². The normalized spacial score (nSPS) is 17.5. The Labute approximate surface area is 75.5 Å². The molecule has 0 fully saturated rings. The number of fused-ring (bicyclic) bond motifs is 2. The summed E-state index contributed by atoms with van der Waals surface area (Å²) in [6, 6.07) is 2.01. The maximum atomic E-state index is 4.09. The first-order valence-corrected chi connectivity index (χ1v) is 4.18. The Kier molecular flexibility index (Phi) is 1.22. The van der Waals surface area contributed by atoms with E-state index in [0.29, 0.717) is 0 Å². The van der Waals surface area contributed by atoms with Gasteiger partial charge in [-0.05, 0) is 23.3 Å². The Balaban J connectivity index is 2.21. The fraction of sp³-hybridized carbons (Fsp3) is 0.100. The lowest BCUT2D eigenvalue weighted by molar-refractivity contribution is 1.09. The number of nitrogens with zero attached hydrogens (tertiary/aromatic N) is 3. The summed E-state index contributed by atoms with van der Waals surface area (Å²) in [5, 5.41) is 7.91. The van der Waals surface area contributed by atoms with Crippen LogP contribution in [-0.2, 0) is 6.42 Å². The minimum atomic E-state index is 0.905. The van der Waals surface area contributed by atoms with Crippen LogP contribution in [0.1, 0.15) is 11.1 Å². The Morgan fingerprint density at radius 1 is 1.31 bits per heavy atom. The van der Waals surface area contributed by atoms with Crippen molar-refractivity contribution in [3.8, 4) is 0 Å². The molecule has 2 aliphatic rings. The molecule has 0 bridgehead atoms. The van der Waals surface area contributed by atoms with Crippen LogP contribution in [-0.4, -0.2) is 4.98 Å². The van der Waals surface area contributed by atoms with E-state index in [4.69, 9.17) is 0 Å². The van der Waals surface area contributed by atoms with E-state index >= 15 is 0 Å². The SMILES string of the molecule is C1=C2Cc3cnccc3C=C2N=N1. The molecule has 0 amide bonds. The molecule has 13 heavy (non-hydrogen) atoms. The van der Waals surface area contributed by atoms with E-state index in [-0.39, 0.29) is 0 Å². The van der Waals surface area contributed by atoms with Crippen LogP contribution in [0.15, 0.2) is 46.2 Å². The quantitative estimate of drug-likeness (QED) is 0.587. The maximum Gasteiger partial charge on any atom is 0.0914 e. The van der Waals surface area contributed by atoms with Crippen molar-refractivity contribution in [3.05, 3.63) is 47.1 Å². The second kappa shape index (κ2) is 2.36. The molecule has 0 spiro atoms. The number of rotatable bonds is 0. The molecule has 0 N–H and O–H groups in total. The third-order valence-corrected chi connectivity index (χ3v) is 2.32. The van der Waals surface area contributed by atoms with E-state index in [1.54, 1.807) is 6.20 Å². The van der Waals surface area contributed by atoms with Gasteiger partial charge in [0.25, 0.3) is 0 Å². The van der Waals surface area contributed by atoms with Gasteiger partial charge in [0.2, 0.25) is 0 Å². The molecule has 1 aliphatic carbocycles. The summed E-state index contributed by atoms with van der Waals surface area (Å²) in [6.45, 7) is 0. The monoisotopic (exact) mass is 169 g/mol. The van der Waals surface area contributed by atoms with Crippen LogP contribution in [0.3, 0.4) is 0 Å². The van der Waals surface area contributed by atoms with Gasteiger partial charge in [0.15, 0.2) is 0 Å². The summed E-state index contributed by atoms with van der Waals surface area (Å²) < 4.78 is 0. The van der Waals surface area contributed by atoms with Crippen molar-refractivity contribution in [2.75, 3.05) is 0 Å². The minimum absolute atomic E-state index is 0.905. The second-order valence-electron chi connectivity index (χ2n) is 3.15. The standard InChI is InChI=1S/C10H7N3/c1-2-11-5-8-3-9-6-12-13-10(9)4-7(1)8/h1-2,4-6H,3H2. The summed E-state index contributed by atoms with van der Waals surface area (Å²) in [7, 11) is 0. The van der Waals surface area contributed by atoms with Gasteiger partial charge in [0.05, 0.1) is 11.9 Å². The van der Waals surface area contributed by atoms with E-state index in [0.717, 1.165) is 12.1 Å². The fourth-order valence-corrected chi connectivity index (χ4v) is 1.63. The first kappa shape index (κ1) is 6.71. The predicted octanol–water partition coefficient (Wildman–Crippen LogP) is 2.33. The second-order valence-corrected chi connectivity index (χ2v) is 3.15. The summed E-state index contributed by atoms with van der Waals surface area (Å²) in [5.41, 5.74) is 4.66. The van der Waals surface area contributed by atoms with Gasteiger partial charge in [0.1, 0.15) is 0 Å². The Hall–Kier alpha value is -1.77. The van der Waals surface area contributed by atoms with Crippen LogP contribution < -0.4 is 0 Å². The molecule has 2 heterocycles. The number of allylic oxidation sites excluding steroid dienone is 1. The third kappa shape index (κ3) is 0.935. The summed E-state index contributed by atoms with van der Waals surface area (Å²) in [6.07, 6.45) is 8.49. The lowest BCUT2D eigenvalue weighted by Crippen LogP contribution is -2.00. The molecule has 0 atom stereocenters. The average molecular weight is 169 g/mol. The number of hydrogen-bond donors (Lipinski definition) is 0. The highest BCUT2D eigenvalue weighted by Gasteiger charge is 2.17. The molecule has 1 aromatic rings. The minimum Gasteiger partial charge on any atom is -0.264 e. The van der Waals surface area contributed by atoms with Crippen molar-refractivity contribution in [3.63, 3.8) is 0 Å². The Morgan fingerprint density at radius 3 is 3.31 bits per heavy atom. The molecule has 3 nitrogen and oxygen atoms in total. The number of hydrogen-bond acceptors (Lipinski definition) is 3. The lowest BCUT2D eigenvalue weighted by Gasteiger charge is -2.12. The molecule has 0 aromatic carbocycles. The highest BCUT2D eigenvalue weighted by Crippen LogP contribution is 2.31. The maximum absolute atomic E-state index is 4.09. The van der Waals surface area contributed by atoms with Crippen molar-refractivity contribution < 1.29 is 0 Å². The smallest absolute Gasteiger partial charge is 0.0914 e. The first-order chi connectivity index (χ1) is 6.43. The van der Waals surface area contributed by atoms with Gasteiger partial charge in [-0.3, -0.25) is 4.98 Å². The van der Waals surface area contributed by atoms with Crippen molar-refractivity contribution in [1.29, 1.82) is 0 Å². The topological polar surface area (TPSA) is 37.6 Å². The molecule has 3 rings (SSSR count). The van der Waals surface area contributed by atoms with Gasteiger partial charge in [-0.25, -0.2) is 0 Å². The van der Waals surface area contributed by atoms with Gasteiger partial charge in [-0.1, -0.05) is 0 Å². The van der Waals surface area contributed by atoms with Crippen molar-refractivity contribution in [2.24, 2.45) is 10.2 Å². The zero-order chi connectivity index (χ0) is 8.67. The average Bonchev–Trinajstić information content (AvgIpc) is 2.61. The zero-order valence-electron chi connectivity index (χ0n) is 6.94. The zero-order valence-corrected chi connectivity index (χ0v) is 6.94. The third-order valence-electron chi connectivity index (χ3n) is 2.32. The van der Waals surface area contributed by atoms with Crippen LogP contribution in [0.2, 0.25) is 0 Å². The van der Waals surface area contributed by atoms with Gasteiger partial charge < -0.3 is 0 Å². The highest BCUT2D eigenvalue weighted by atomic mass is 15.1. The largest absolute Gasteiger partial charge is 0.264 e. The first-order valence-electron chi connectivity index (χ1n) is 4.18. The molecular weight excluding hydrogens is 162 g/mol. The van der Waals surface area contributed by atoms with Gasteiger partial charge in [-0.2, -0.15) is 10.2 Å². The lowest BCUT2D eigenvalue weighted by atomic mass is 9.94. The summed E-state index contributed by atoms with van der Waals surface area (Å²) >= 11 is 0. The van der Waals surface area contributed by atoms with E-state index in [1.165, 1.54) is 16.7 Å². The molecule has 62 valence electrons. The van der Waals surface area contributed by atoms with Gasteiger partial charge in [0, 0.05) is 24.4 Å². The number of azo groups is 1. The summed E-state index contributed by atoms with van der Waals surface area (Å²) in [4.78, 5) is 4.09. The van der Waals surface area contributed by atoms with Crippen LogP contribution in [0.5, 0.6) is 0 Å². The van der Waals surface area contributed by atoms with Crippen LogP contribution in [0.4, 0.5) is 0 Å². The molecule has 0 unspecified atom stereocenters. The molecular formula is C10H7N3. The highest BCUT2D eigenvalue weighted by molar-refractivity contribution is 5.66.